The number of fused-ring (bicyclic) bond motifs is 1. The SMILES string of the molecule is C=CCNC(=O)C(=O)C(CCCC)NC(=O)[C@@H]1C2C(CN1C(=O)[C@@H](NC(=O)OC(C)(C)C)C(C)(C)C)C2(C)C. The predicted molar refractivity (Wildman–Crippen MR) is 149 cm³/mol. The van der Waals surface area contributed by atoms with E-state index in [2.05, 4.69) is 36.4 Å². The molecule has 4 amide bonds. The lowest BCUT2D eigenvalue weighted by atomic mass is 9.85. The molecule has 1 aliphatic heterocycles. The first-order valence-corrected chi connectivity index (χ1v) is 13.9. The van der Waals surface area contributed by atoms with Crippen LogP contribution < -0.4 is 16.0 Å². The van der Waals surface area contributed by atoms with E-state index < -0.39 is 52.8 Å². The fourth-order valence-electron chi connectivity index (χ4n) is 5.40. The Hall–Kier alpha value is -2.91. The molecular weight excluding hydrogens is 500 g/mol. The van der Waals surface area contributed by atoms with E-state index in [4.69, 9.17) is 4.74 Å². The number of carbonyl (C=O) groups is 5. The first-order valence-electron chi connectivity index (χ1n) is 13.9. The number of hydrogen-bond donors (Lipinski definition) is 3. The van der Waals surface area contributed by atoms with E-state index in [0.29, 0.717) is 19.4 Å². The van der Waals surface area contributed by atoms with Crippen molar-refractivity contribution in [3.63, 3.8) is 0 Å². The third-order valence-corrected chi connectivity index (χ3v) is 7.64. The summed E-state index contributed by atoms with van der Waals surface area (Å²) in [6.45, 7) is 20.9. The summed E-state index contributed by atoms with van der Waals surface area (Å²) in [6.07, 6.45) is 2.49. The van der Waals surface area contributed by atoms with E-state index in [0.717, 1.165) is 6.42 Å². The number of hydrogen-bond acceptors (Lipinski definition) is 6. The summed E-state index contributed by atoms with van der Waals surface area (Å²) >= 11 is 0. The van der Waals surface area contributed by atoms with Crippen LogP contribution in [0.1, 0.15) is 81.6 Å². The molecule has 0 aromatic heterocycles. The number of ketones is 1. The molecule has 3 unspecified atom stereocenters. The van der Waals surface area contributed by atoms with Crippen LogP contribution in [0.4, 0.5) is 4.79 Å². The van der Waals surface area contributed by atoms with Crippen LogP contribution in [0.15, 0.2) is 12.7 Å². The van der Waals surface area contributed by atoms with Gasteiger partial charge in [0.15, 0.2) is 0 Å². The second-order valence-corrected chi connectivity index (χ2v) is 13.4. The maximum absolute atomic E-state index is 13.9. The molecule has 2 aliphatic rings. The smallest absolute Gasteiger partial charge is 0.408 e. The molecule has 10 heteroatoms. The predicted octanol–water partition coefficient (Wildman–Crippen LogP) is 2.96. The van der Waals surface area contributed by atoms with Gasteiger partial charge in [0.2, 0.25) is 17.6 Å². The fraction of sp³-hybridized carbons (Fsp3) is 0.759. The van der Waals surface area contributed by atoms with Gasteiger partial charge in [0.25, 0.3) is 5.91 Å². The molecule has 0 radical (unpaired) electrons. The van der Waals surface area contributed by atoms with Crippen LogP contribution in [0.2, 0.25) is 0 Å². The largest absolute Gasteiger partial charge is 0.444 e. The average Bonchev–Trinajstić information content (AvgIpc) is 3.14. The summed E-state index contributed by atoms with van der Waals surface area (Å²) in [5.41, 5.74) is -1.56. The van der Waals surface area contributed by atoms with Gasteiger partial charge in [-0.05, 0) is 49.9 Å². The Labute approximate surface area is 233 Å². The highest BCUT2D eigenvalue weighted by Crippen LogP contribution is 2.65. The van der Waals surface area contributed by atoms with Gasteiger partial charge in [-0.1, -0.05) is 60.5 Å². The minimum atomic E-state index is -1.00. The van der Waals surface area contributed by atoms with Crippen molar-refractivity contribution in [1.82, 2.24) is 20.9 Å². The van der Waals surface area contributed by atoms with Gasteiger partial charge in [-0.15, -0.1) is 6.58 Å². The summed E-state index contributed by atoms with van der Waals surface area (Å²) in [6, 6.07) is -2.76. The Kier molecular flexibility index (Phi) is 10.0. The summed E-state index contributed by atoms with van der Waals surface area (Å²) in [5.74, 6) is -2.33. The van der Waals surface area contributed by atoms with Crippen LogP contribution >= 0.6 is 0 Å². The van der Waals surface area contributed by atoms with Crippen LogP contribution in [0, 0.1) is 22.7 Å². The van der Waals surface area contributed by atoms with Gasteiger partial charge in [0, 0.05) is 13.1 Å². The fourth-order valence-corrected chi connectivity index (χ4v) is 5.40. The molecule has 0 aromatic rings. The highest BCUT2D eigenvalue weighted by molar-refractivity contribution is 6.38. The maximum atomic E-state index is 13.9. The van der Waals surface area contributed by atoms with Crippen molar-refractivity contribution >= 4 is 29.6 Å². The third-order valence-electron chi connectivity index (χ3n) is 7.64. The van der Waals surface area contributed by atoms with Crippen LogP contribution in [-0.4, -0.2) is 71.3 Å². The van der Waals surface area contributed by atoms with Crippen LogP contribution in [0.5, 0.6) is 0 Å². The first-order chi connectivity index (χ1) is 17.9. The van der Waals surface area contributed by atoms with Crippen LogP contribution in [0.25, 0.3) is 0 Å². The number of piperidine rings is 1. The molecule has 5 atom stereocenters. The summed E-state index contributed by atoms with van der Waals surface area (Å²) < 4.78 is 5.40. The van der Waals surface area contributed by atoms with Crippen LogP contribution in [-0.2, 0) is 23.9 Å². The molecule has 2 fully saturated rings. The molecule has 0 bridgehead atoms. The lowest BCUT2D eigenvalue weighted by Gasteiger charge is -2.38. The Balaban J connectivity index is 2.31. The highest BCUT2D eigenvalue weighted by Gasteiger charge is 2.70. The molecule has 39 heavy (non-hydrogen) atoms. The van der Waals surface area contributed by atoms with Gasteiger partial charge in [-0.25, -0.2) is 4.79 Å². The van der Waals surface area contributed by atoms with E-state index in [1.54, 1.807) is 20.8 Å². The quantitative estimate of drug-likeness (QED) is 0.269. The van der Waals surface area contributed by atoms with E-state index in [-0.39, 0.29) is 29.7 Å². The number of amides is 4. The molecule has 1 aliphatic carbocycles. The average molecular weight is 549 g/mol. The number of Topliss-reactive ketones (excluding diaryl/α,β-unsaturated/α-hetero) is 1. The second-order valence-electron chi connectivity index (χ2n) is 13.4. The molecular formula is C29H48N4O6. The Morgan fingerprint density at radius 1 is 1.08 bits per heavy atom. The normalized spacial score (nSPS) is 23.1. The van der Waals surface area contributed by atoms with Crippen molar-refractivity contribution in [2.24, 2.45) is 22.7 Å². The van der Waals surface area contributed by atoms with Crippen molar-refractivity contribution in [3.05, 3.63) is 12.7 Å². The zero-order chi connectivity index (χ0) is 29.9. The lowest BCUT2D eigenvalue weighted by Crippen LogP contribution is -2.60. The number of nitrogens with one attached hydrogen (secondary N) is 3. The molecule has 2 rings (SSSR count). The molecule has 1 heterocycles. The van der Waals surface area contributed by atoms with Crippen molar-refractivity contribution in [2.75, 3.05) is 13.1 Å². The summed E-state index contributed by atoms with van der Waals surface area (Å²) in [7, 11) is 0. The van der Waals surface area contributed by atoms with Gasteiger partial charge >= 0.3 is 6.09 Å². The standard InChI is InChI=1S/C29H48N4O6/c1-11-13-14-18(21(34)24(36)30-15-12-2)31-23(35)20-19-17(29(19,9)10)16-33(20)25(37)22(27(3,4)5)32-26(38)39-28(6,7)8/h12,17-20,22H,2,11,13-16H2,1,3-10H3,(H,30,36)(H,31,35)(H,32,38)/t17?,18?,19?,20-,22+/m0/s1. The van der Waals surface area contributed by atoms with Gasteiger partial charge in [-0.3, -0.25) is 19.2 Å². The van der Waals surface area contributed by atoms with E-state index >= 15 is 0 Å². The Bertz CT molecular complexity index is 977. The first kappa shape index (κ1) is 32.3. The summed E-state index contributed by atoms with van der Waals surface area (Å²) in [4.78, 5) is 67.1. The lowest BCUT2D eigenvalue weighted by molar-refractivity contribution is -0.145. The zero-order valence-corrected chi connectivity index (χ0v) is 25.1. The molecule has 0 spiro atoms. The number of carbonyl (C=O) groups excluding carboxylic acids is 5. The molecule has 3 N–H and O–H groups in total. The van der Waals surface area contributed by atoms with Gasteiger partial charge in [-0.2, -0.15) is 0 Å². The number of likely N-dealkylation sites (tertiary alicyclic amines) is 1. The molecule has 0 aromatic carbocycles. The maximum Gasteiger partial charge on any atom is 0.408 e. The monoisotopic (exact) mass is 548 g/mol. The minimum Gasteiger partial charge on any atom is -0.444 e. The van der Waals surface area contributed by atoms with Crippen molar-refractivity contribution in [3.8, 4) is 0 Å². The van der Waals surface area contributed by atoms with E-state index in [9.17, 15) is 24.0 Å². The number of ether oxygens (including phenoxy) is 1. The second kappa shape index (κ2) is 12.1. The van der Waals surface area contributed by atoms with Gasteiger partial charge < -0.3 is 25.6 Å². The van der Waals surface area contributed by atoms with Crippen molar-refractivity contribution in [1.29, 1.82) is 0 Å². The number of unbranched alkanes of at least 4 members (excludes halogenated alkanes) is 1. The minimum absolute atomic E-state index is 0.0971. The van der Waals surface area contributed by atoms with E-state index in [1.807, 2.05) is 27.7 Å². The summed E-state index contributed by atoms with van der Waals surface area (Å²) in [5, 5.41) is 8.00. The Morgan fingerprint density at radius 3 is 2.21 bits per heavy atom. The van der Waals surface area contributed by atoms with E-state index in [1.165, 1.54) is 11.0 Å². The molecule has 1 saturated heterocycles. The topological polar surface area (TPSA) is 134 Å². The van der Waals surface area contributed by atoms with Crippen molar-refractivity contribution < 1.29 is 28.7 Å². The van der Waals surface area contributed by atoms with Crippen molar-refractivity contribution in [2.45, 2.75) is 105 Å². The number of nitrogens with zero attached hydrogens (tertiary/aromatic N) is 1. The number of rotatable bonds is 11. The number of alkyl carbamates (subject to hydrolysis) is 1. The molecule has 220 valence electrons. The highest BCUT2D eigenvalue weighted by atomic mass is 16.6. The van der Waals surface area contributed by atoms with Gasteiger partial charge in [0.1, 0.15) is 17.7 Å². The van der Waals surface area contributed by atoms with Gasteiger partial charge in [0.05, 0.1) is 6.04 Å². The third kappa shape index (κ3) is 7.82. The molecule has 1 saturated carbocycles. The molecule has 10 nitrogen and oxygen atoms in total. The zero-order valence-electron chi connectivity index (χ0n) is 25.1. The Morgan fingerprint density at radius 2 is 1.69 bits per heavy atom. The van der Waals surface area contributed by atoms with Crippen LogP contribution in [0.3, 0.4) is 0 Å².